The highest BCUT2D eigenvalue weighted by Crippen LogP contribution is 2.24. The van der Waals surface area contributed by atoms with Gasteiger partial charge in [-0.25, -0.2) is 4.98 Å². The van der Waals surface area contributed by atoms with Crippen LogP contribution in [0.2, 0.25) is 0 Å². The molecule has 1 heterocycles. The highest BCUT2D eigenvalue weighted by molar-refractivity contribution is 9.10. The fourth-order valence-electron chi connectivity index (χ4n) is 0.809. The van der Waals surface area contributed by atoms with Crippen LogP contribution in [0.1, 0.15) is 20.3 Å². The highest BCUT2D eigenvalue weighted by Gasteiger charge is 2.21. The molecule has 0 aromatic carbocycles. The van der Waals surface area contributed by atoms with Crippen molar-refractivity contribution in [3.8, 4) is 0 Å². The highest BCUT2D eigenvalue weighted by atomic mass is 79.9. The second kappa shape index (κ2) is 4.39. The predicted octanol–water partition coefficient (Wildman–Crippen LogP) is 2.48. The molecule has 1 atom stereocenters. The molecule has 0 aliphatic heterocycles. The van der Waals surface area contributed by atoms with Crippen LogP contribution in [0.3, 0.4) is 0 Å². The summed E-state index contributed by atoms with van der Waals surface area (Å²) in [5, 5.41) is 15.1. The average Bonchev–Trinajstić information content (AvgIpc) is 2.51. The zero-order valence-corrected chi connectivity index (χ0v) is 10.1. The first-order chi connectivity index (χ1) is 6.09. The molecule has 0 radical (unpaired) electrons. The molecule has 0 aliphatic carbocycles. The molecule has 0 spiro atoms. The molecule has 0 saturated carbocycles. The predicted molar refractivity (Wildman–Crippen MR) is 59.2 cm³/mol. The van der Waals surface area contributed by atoms with E-state index in [9.17, 15) is 0 Å². The van der Waals surface area contributed by atoms with Gasteiger partial charge in [0.1, 0.15) is 4.60 Å². The van der Waals surface area contributed by atoms with E-state index >= 15 is 0 Å². The minimum Gasteiger partial charge on any atom is -0.394 e. The van der Waals surface area contributed by atoms with Crippen LogP contribution in [0.25, 0.3) is 0 Å². The Morgan fingerprint density at radius 1 is 1.77 bits per heavy atom. The number of halogens is 1. The van der Waals surface area contributed by atoms with Crippen LogP contribution in [0.4, 0.5) is 5.13 Å². The van der Waals surface area contributed by atoms with Gasteiger partial charge >= 0.3 is 0 Å². The van der Waals surface area contributed by atoms with Gasteiger partial charge in [0.25, 0.3) is 0 Å². The summed E-state index contributed by atoms with van der Waals surface area (Å²) in [6, 6.07) is 0. The normalized spacial score (nSPS) is 15.4. The van der Waals surface area contributed by atoms with Gasteiger partial charge in [0.05, 0.1) is 12.1 Å². The fraction of sp³-hybridized carbons (Fsp3) is 0.625. The molecule has 0 amide bonds. The molecule has 74 valence electrons. The lowest BCUT2D eigenvalue weighted by molar-refractivity contribution is 0.219. The Hall–Kier alpha value is -0.130. The van der Waals surface area contributed by atoms with Gasteiger partial charge in [-0.1, -0.05) is 6.92 Å². The van der Waals surface area contributed by atoms with Gasteiger partial charge in [-0.05, 0) is 29.3 Å². The van der Waals surface area contributed by atoms with Gasteiger partial charge in [-0.2, -0.15) is 0 Å². The molecule has 1 rings (SSSR count). The molecule has 2 N–H and O–H groups in total. The number of nitrogens with zero attached hydrogens (tertiary/aromatic N) is 1. The molecular formula is C8H13BrN2OS. The summed E-state index contributed by atoms with van der Waals surface area (Å²) in [6.45, 7) is 4.12. The van der Waals surface area contributed by atoms with Crippen molar-refractivity contribution >= 4 is 32.4 Å². The lowest BCUT2D eigenvalue weighted by Gasteiger charge is -2.26. The number of hydrogen-bond acceptors (Lipinski definition) is 4. The molecule has 0 saturated heterocycles. The van der Waals surface area contributed by atoms with Crippen LogP contribution in [-0.4, -0.2) is 22.2 Å². The van der Waals surface area contributed by atoms with Crippen molar-refractivity contribution < 1.29 is 5.11 Å². The van der Waals surface area contributed by atoms with Crippen molar-refractivity contribution in [1.82, 2.24) is 4.98 Å². The Labute approximate surface area is 90.3 Å². The SMILES string of the molecule is CCC(C)(CO)Nc1nc(Br)cs1. The summed E-state index contributed by atoms with van der Waals surface area (Å²) in [6.07, 6.45) is 0.862. The Balaban J connectivity index is 2.67. The molecule has 1 unspecified atom stereocenters. The number of aliphatic hydroxyl groups is 1. The zero-order chi connectivity index (χ0) is 9.90. The van der Waals surface area contributed by atoms with Crippen LogP contribution < -0.4 is 5.32 Å². The molecule has 1 aromatic rings. The van der Waals surface area contributed by atoms with Gasteiger partial charge in [0.2, 0.25) is 0 Å². The van der Waals surface area contributed by atoms with E-state index < -0.39 is 0 Å². The lowest BCUT2D eigenvalue weighted by atomic mass is 10.0. The topological polar surface area (TPSA) is 45.1 Å². The molecule has 0 fully saturated rings. The van der Waals surface area contributed by atoms with Crippen LogP contribution in [0, 0.1) is 0 Å². The zero-order valence-electron chi connectivity index (χ0n) is 7.67. The van der Waals surface area contributed by atoms with E-state index in [4.69, 9.17) is 5.11 Å². The molecule has 0 bridgehead atoms. The van der Waals surface area contributed by atoms with Crippen LogP contribution in [0.5, 0.6) is 0 Å². The van der Waals surface area contributed by atoms with Gasteiger partial charge in [0.15, 0.2) is 5.13 Å². The quantitative estimate of drug-likeness (QED) is 0.879. The minimum atomic E-state index is -0.267. The van der Waals surface area contributed by atoms with Gasteiger partial charge in [-0.15, -0.1) is 11.3 Å². The monoisotopic (exact) mass is 264 g/mol. The third-order valence-electron chi connectivity index (χ3n) is 2.01. The molecule has 5 heteroatoms. The van der Waals surface area contributed by atoms with E-state index in [1.807, 2.05) is 19.2 Å². The van der Waals surface area contributed by atoms with E-state index in [-0.39, 0.29) is 12.1 Å². The number of aromatic nitrogens is 1. The standard InChI is InChI=1S/C8H13BrN2OS/c1-3-8(2,5-12)11-7-10-6(9)4-13-7/h4,12H,3,5H2,1-2H3,(H,10,11). The summed E-state index contributed by atoms with van der Waals surface area (Å²) in [4.78, 5) is 4.20. The van der Waals surface area contributed by atoms with E-state index in [0.717, 1.165) is 16.2 Å². The Bertz CT molecular complexity index is 273. The lowest BCUT2D eigenvalue weighted by Crippen LogP contribution is -2.37. The van der Waals surface area contributed by atoms with Crippen LogP contribution in [-0.2, 0) is 0 Å². The maximum Gasteiger partial charge on any atom is 0.184 e. The number of rotatable bonds is 4. The van der Waals surface area contributed by atoms with Crippen molar-refractivity contribution in [3.63, 3.8) is 0 Å². The van der Waals surface area contributed by atoms with E-state index in [1.165, 1.54) is 11.3 Å². The first-order valence-electron chi connectivity index (χ1n) is 4.10. The van der Waals surface area contributed by atoms with Gasteiger partial charge in [-0.3, -0.25) is 0 Å². The molecule has 1 aromatic heterocycles. The summed E-state index contributed by atoms with van der Waals surface area (Å²) in [5.74, 6) is 0. The maximum absolute atomic E-state index is 9.16. The fourth-order valence-corrected chi connectivity index (χ4v) is 2.10. The molecule has 0 aliphatic rings. The molecule has 3 nitrogen and oxygen atoms in total. The summed E-state index contributed by atoms with van der Waals surface area (Å²) in [5.41, 5.74) is -0.267. The van der Waals surface area contributed by atoms with Crippen molar-refractivity contribution in [2.75, 3.05) is 11.9 Å². The Kier molecular flexibility index (Phi) is 3.70. The van der Waals surface area contributed by atoms with Crippen molar-refractivity contribution in [1.29, 1.82) is 0 Å². The summed E-state index contributed by atoms with van der Waals surface area (Å²) in [7, 11) is 0. The minimum absolute atomic E-state index is 0.112. The summed E-state index contributed by atoms with van der Waals surface area (Å²) >= 11 is 4.81. The largest absolute Gasteiger partial charge is 0.394 e. The number of thiazole rings is 1. The third kappa shape index (κ3) is 2.93. The molecule has 13 heavy (non-hydrogen) atoms. The van der Waals surface area contributed by atoms with Crippen molar-refractivity contribution in [2.45, 2.75) is 25.8 Å². The van der Waals surface area contributed by atoms with Crippen LogP contribution in [0.15, 0.2) is 9.98 Å². The van der Waals surface area contributed by atoms with E-state index in [1.54, 1.807) is 0 Å². The van der Waals surface area contributed by atoms with E-state index in [0.29, 0.717) is 0 Å². The Morgan fingerprint density at radius 3 is 2.85 bits per heavy atom. The molecular weight excluding hydrogens is 252 g/mol. The van der Waals surface area contributed by atoms with Crippen molar-refractivity contribution in [3.05, 3.63) is 9.98 Å². The number of hydrogen-bond donors (Lipinski definition) is 2. The number of anilines is 1. The second-order valence-electron chi connectivity index (χ2n) is 3.17. The van der Waals surface area contributed by atoms with Crippen LogP contribution >= 0.6 is 27.3 Å². The Morgan fingerprint density at radius 2 is 2.46 bits per heavy atom. The number of nitrogens with one attached hydrogen (secondary N) is 1. The summed E-state index contributed by atoms with van der Waals surface area (Å²) < 4.78 is 0.830. The first-order valence-corrected chi connectivity index (χ1v) is 5.77. The smallest absolute Gasteiger partial charge is 0.184 e. The van der Waals surface area contributed by atoms with E-state index in [2.05, 4.69) is 26.2 Å². The number of aliphatic hydroxyl groups excluding tert-OH is 1. The van der Waals surface area contributed by atoms with Gasteiger partial charge < -0.3 is 10.4 Å². The maximum atomic E-state index is 9.16. The first kappa shape index (κ1) is 10.9. The third-order valence-corrected chi connectivity index (χ3v) is 3.48. The van der Waals surface area contributed by atoms with Crippen molar-refractivity contribution in [2.24, 2.45) is 0 Å². The van der Waals surface area contributed by atoms with Gasteiger partial charge in [0, 0.05) is 5.38 Å². The second-order valence-corrected chi connectivity index (χ2v) is 4.84. The average molecular weight is 265 g/mol.